The number of hydrogen-bond acceptors (Lipinski definition) is 5. The quantitative estimate of drug-likeness (QED) is 0.496. The molecule has 120 valence electrons. The van der Waals surface area contributed by atoms with E-state index in [1.165, 1.54) is 19.2 Å². The number of methoxy groups -OCH3 is 1. The summed E-state index contributed by atoms with van der Waals surface area (Å²) in [6, 6.07) is 7.08. The predicted molar refractivity (Wildman–Crippen MR) is 82.3 cm³/mol. The van der Waals surface area contributed by atoms with Crippen LogP contribution in [0.2, 0.25) is 0 Å². The van der Waals surface area contributed by atoms with Crippen molar-refractivity contribution in [3.8, 4) is 0 Å². The van der Waals surface area contributed by atoms with Gasteiger partial charge in [-0.05, 0) is 37.2 Å². The number of nitrogens with one attached hydrogen (secondary N) is 1. The van der Waals surface area contributed by atoms with Gasteiger partial charge >= 0.3 is 5.97 Å². The van der Waals surface area contributed by atoms with Crippen LogP contribution in [0.3, 0.4) is 0 Å². The molecule has 6 nitrogen and oxygen atoms in total. The minimum atomic E-state index is -0.389. The molecule has 0 bridgehead atoms. The summed E-state index contributed by atoms with van der Waals surface area (Å²) >= 11 is 0. The van der Waals surface area contributed by atoms with Gasteiger partial charge in [-0.15, -0.1) is 0 Å². The minimum Gasteiger partial charge on any atom is -0.469 e. The number of nitro benzene ring substituents is 1. The van der Waals surface area contributed by atoms with E-state index in [1.54, 1.807) is 12.1 Å². The Bertz CT molecular complexity index is 507. The summed E-state index contributed by atoms with van der Waals surface area (Å²) in [4.78, 5) is 21.5. The van der Waals surface area contributed by atoms with Gasteiger partial charge < -0.3 is 10.1 Å². The summed E-state index contributed by atoms with van der Waals surface area (Å²) in [7, 11) is 1.43. The van der Waals surface area contributed by atoms with Gasteiger partial charge in [0.15, 0.2) is 0 Å². The van der Waals surface area contributed by atoms with Crippen LogP contribution in [0.4, 0.5) is 5.69 Å². The van der Waals surface area contributed by atoms with Crippen molar-refractivity contribution in [3.63, 3.8) is 0 Å². The molecule has 1 fully saturated rings. The Hall–Kier alpha value is -1.95. The van der Waals surface area contributed by atoms with E-state index >= 15 is 0 Å². The largest absolute Gasteiger partial charge is 0.469 e. The maximum absolute atomic E-state index is 11.3. The third kappa shape index (κ3) is 4.80. The first-order valence-electron chi connectivity index (χ1n) is 7.62. The Labute approximate surface area is 130 Å². The number of nitrogens with zero attached hydrogens (tertiary/aromatic N) is 1. The van der Waals surface area contributed by atoms with E-state index in [1.807, 2.05) is 0 Å². The molecule has 0 aromatic heterocycles. The molecule has 6 heteroatoms. The molecule has 1 N–H and O–H groups in total. The van der Waals surface area contributed by atoms with Crippen molar-refractivity contribution in [3.05, 3.63) is 39.9 Å². The van der Waals surface area contributed by atoms with Crippen molar-refractivity contribution in [2.45, 2.75) is 44.7 Å². The lowest BCUT2D eigenvalue weighted by Crippen LogP contribution is -2.33. The molecule has 2 rings (SSSR count). The second kappa shape index (κ2) is 7.89. The molecule has 0 saturated heterocycles. The van der Waals surface area contributed by atoms with Crippen LogP contribution in [0.25, 0.3) is 0 Å². The first-order valence-corrected chi connectivity index (χ1v) is 7.62. The van der Waals surface area contributed by atoms with Crippen molar-refractivity contribution in [1.82, 2.24) is 5.32 Å². The van der Waals surface area contributed by atoms with Crippen molar-refractivity contribution >= 4 is 11.7 Å². The zero-order valence-corrected chi connectivity index (χ0v) is 12.8. The lowest BCUT2D eigenvalue weighted by atomic mass is 9.84. The SMILES string of the molecule is COC(=O)CC1CCC(NCc2ccc([N+](=O)[O-])cc2)CC1. The number of esters is 1. The Morgan fingerprint density at radius 2 is 1.91 bits per heavy atom. The molecule has 1 saturated carbocycles. The maximum Gasteiger partial charge on any atom is 0.305 e. The highest BCUT2D eigenvalue weighted by Gasteiger charge is 2.23. The molecule has 0 atom stereocenters. The Balaban J connectivity index is 1.72. The Morgan fingerprint density at radius 3 is 2.45 bits per heavy atom. The third-order valence-corrected chi connectivity index (χ3v) is 4.27. The van der Waals surface area contributed by atoms with Crippen LogP contribution >= 0.6 is 0 Å². The van der Waals surface area contributed by atoms with Crippen LogP contribution in [-0.2, 0) is 16.1 Å². The van der Waals surface area contributed by atoms with E-state index < -0.39 is 0 Å². The van der Waals surface area contributed by atoms with Gasteiger partial charge in [0.25, 0.3) is 5.69 Å². The van der Waals surface area contributed by atoms with Gasteiger partial charge in [-0.25, -0.2) is 0 Å². The van der Waals surface area contributed by atoms with Gasteiger partial charge in [0, 0.05) is 31.1 Å². The number of non-ortho nitro benzene ring substituents is 1. The van der Waals surface area contributed by atoms with E-state index in [0.717, 1.165) is 31.2 Å². The number of carbonyl (C=O) groups excluding carboxylic acids is 1. The molecule has 1 aliphatic carbocycles. The van der Waals surface area contributed by atoms with Gasteiger partial charge in [-0.1, -0.05) is 12.1 Å². The van der Waals surface area contributed by atoms with E-state index in [9.17, 15) is 14.9 Å². The number of ether oxygens (including phenoxy) is 1. The molecule has 22 heavy (non-hydrogen) atoms. The van der Waals surface area contributed by atoms with E-state index in [-0.39, 0.29) is 16.6 Å². The van der Waals surface area contributed by atoms with Gasteiger partial charge in [0.1, 0.15) is 0 Å². The normalized spacial score (nSPS) is 21.3. The van der Waals surface area contributed by atoms with Crippen molar-refractivity contribution in [2.24, 2.45) is 5.92 Å². The topological polar surface area (TPSA) is 81.5 Å². The van der Waals surface area contributed by atoms with Crippen LogP contribution in [0.1, 0.15) is 37.7 Å². The number of rotatable bonds is 6. The third-order valence-electron chi connectivity index (χ3n) is 4.27. The summed E-state index contributed by atoms with van der Waals surface area (Å²) in [6.45, 7) is 0.713. The fourth-order valence-electron chi connectivity index (χ4n) is 2.89. The average molecular weight is 306 g/mol. The first-order chi connectivity index (χ1) is 10.6. The lowest BCUT2D eigenvalue weighted by molar-refractivity contribution is -0.384. The monoisotopic (exact) mass is 306 g/mol. The van der Waals surface area contributed by atoms with Crippen LogP contribution in [-0.4, -0.2) is 24.0 Å². The first kappa shape index (κ1) is 16.4. The molecule has 0 amide bonds. The molecule has 0 unspecified atom stereocenters. The van der Waals surface area contributed by atoms with Crippen LogP contribution in [0, 0.1) is 16.0 Å². The zero-order chi connectivity index (χ0) is 15.9. The van der Waals surface area contributed by atoms with E-state index in [4.69, 9.17) is 4.74 Å². The smallest absolute Gasteiger partial charge is 0.305 e. The average Bonchev–Trinajstić information content (AvgIpc) is 2.54. The molecule has 1 aromatic rings. The Morgan fingerprint density at radius 1 is 1.27 bits per heavy atom. The second-order valence-electron chi connectivity index (χ2n) is 5.80. The van der Waals surface area contributed by atoms with Gasteiger partial charge in [-0.2, -0.15) is 0 Å². The zero-order valence-electron chi connectivity index (χ0n) is 12.8. The van der Waals surface area contributed by atoms with Crippen molar-refractivity contribution in [1.29, 1.82) is 0 Å². The summed E-state index contributed by atoms with van der Waals surface area (Å²) in [6.07, 6.45) is 4.69. The molecular weight excluding hydrogens is 284 g/mol. The van der Waals surface area contributed by atoms with Crippen molar-refractivity contribution in [2.75, 3.05) is 7.11 Å². The fraction of sp³-hybridized carbons (Fsp3) is 0.562. The Kier molecular flexibility index (Phi) is 5.89. The van der Waals surface area contributed by atoms with Crippen molar-refractivity contribution < 1.29 is 14.5 Å². The van der Waals surface area contributed by atoms with Crippen LogP contribution in [0.15, 0.2) is 24.3 Å². The number of hydrogen-bond donors (Lipinski definition) is 1. The molecule has 0 radical (unpaired) electrons. The summed E-state index contributed by atoms with van der Waals surface area (Å²) in [5, 5.41) is 14.1. The maximum atomic E-state index is 11.3. The standard InChI is InChI=1S/C16H22N2O4/c1-22-16(19)10-12-2-6-14(7-3-12)17-11-13-4-8-15(9-5-13)18(20)21/h4-5,8-9,12,14,17H,2-3,6-7,10-11H2,1H3. The highest BCUT2D eigenvalue weighted by molar-refractivity contribution is 5.69. The van der Waals surface area contributed by atoms with Gasteiger partial charge in [0.05, 0.1) is 12.0 Å². The van der Waals surface area contributed by atoms with E-state index in [0.29, 0.717) is 24.9 Å². The molecule has 1 aliphatic rings. The highest BCUT2D eigenvalue weighted by Crippen LogP contribution is 2.27. The second-order valence-corrected chi connectivity index (χ2v) is 5.80. The van der Waals surface area contributed by atoms with Gasteiger partial charge in [0.2, 0.25) is 0 Å². The number of nitro groups is 1. The van der Waals surface area contributed by atoms with Crippen LogP contribution < -0.4 is 5.32 Å². The molecule has 0 spiro atoms. The van der Waals surface area contributed by atoms with Gasteiger partial charge in [-0.3, -0.25) is 14.9 Å². The lowest BCUT2D eigenvalue weighted by Gasteiger charge is -2.28. The molecule has 1 aromatic carbocycles. The summed E-state index contributed by atoms with van der Waals surface area (Å²) < 4.78 is 4.71. The van der Waals surface area contributed by atoms with Crippen LogP contribution in [0.5, 0.6) is 0 Å². The highest BCUT2D eigenvalue weighted by atomic mass is 16.6. The number of carbonyl (C=O) groups is 1. The molecule has 0 heterocycles. The molecular formula is C16H22N2O4. The fourth-order valence-corrected chi connectivity index (χ4v) is 2.89. The predicted octanol–water partition coefficient (Wildman–Crippen LogP) is 2.81. The number of benzene rings is 1. The molecule has 0 aliphatic heterocycles. The minimum absolute atomic E-state index is 0.118. The summed E-state index contributed by atoms with van der Waals surface area (Å²) in [5.74, 6) is 0.312. The van der Waals surface area contributed by atoms with E-state index in [2.05, 4.69) is 5.32 Å². The summed E-state index contributed by atoms with van der Waals surface area (Å²) in [5.41, 5.74) is 1.16.